The first kappa shape index (κ1) is 15.2. The highest BCUT2D eigenvalue weighted by Crippen LogP contribution is 2.06. The summed E-state index contributed by atoms with van der Waals surface area (Å²) in [6.45, 7) is 3.69. The maximum absolute atomic E-state index is 11.9. The van der Waals surface area contributed by atoms with E-state index < -0.39 is 17.9 Å². The lowest BCUT2D eigenvalue weighted by Gasteiger charge is -2.29. The van der Waals surface area contributed by atoms with Gasteiger partial charge in [-0.1, -0.05) is 6.92 Å². The summed E-state index contributed by atoms with van der Waals surface area (Å²) < 4.78 is 9.94. The van der Waals surface area contributed by atoms with E-state index in [2.05, 4.69) is 0 Å². The van der Waals surface area contributed by atoms with E-state index >= 15 is 0 Å². The number of ether oxygens (including phenoxy) is 2. The van der Waals surface area contributed by atoms with Crippen LogP contribution in [0.4, 0.5) is 0 Å². The second-order valence-corrected chi connectivity index (χ2v) is 4.14. The Morgan fingerprint density at radius 2 is 1.95 bits per heavy atom. The molecule has 1 saturated heterocycles. The standard InChI is InChI=1S/C12H17NO6/c1-9(8-19-11(16)3-2-10(14)15)12(17)13-4-6-18-7-5-13/h2-3,9H,4-8H2,1H3,(H,14,15)/b3-2+/t9-/m0/s1. The number of rotatable bonds is 5. The third kappa shape index (κ3) is 5.52. The number of hydrogen-bond acceptors (Lipinski definition) is 5. The van der Waals surface area contributed by atoms with E-state index in [0.717, 1.165) is 6.08 Å². The molecule has 0 spiro atoms. The van der Waals surface area contributed by atoms with E-state index in [1.54, 1.807) is 11.8 Å². The molecule has 0 unspecified atom stereocenters. The molecule has 1 rings (SSSR count). The minimum absolute atomic E-state index is 0.0705. The lowest BCUT2D eigenvalue weighted by molar-refractivity contribution is -0.146. The van der Waals surface area contributed by atoms with E-state index in [-0.39, 0.29) is 12.5 Å². The first-order valence-electron chi connectivity index (χ1n) is 5.95. The molecule has 0 aromatic carbocycles. The minimum Gasteiger partial charge on any atom is -0.478 e. The van der Waals surface area contributed by atoms with E-state index in [0.29, 0.717) is 32.4 Å². The van der Waals surface area contributed by atoms with Gasteiger partial charge in [-0.2, -0.15) is 0 Å². The molecule has 0 bridgehead atoms. The summed E-state index contributed by atoms with van der Waals surface area (Å²) in [6, 6.07) is 0. The molecule has 19 heavy (non-hydrogen) atoms. The van der Waals surface area contributed by atoms with Gasteiger partial charge in [-0.25, -0.2) is 9.59 Å². The van der Waals surface area contributed by atoms with Gasteiger partial charge in [0.1, 0.15) is 6.61 Å². The highest BCUT2D eigenvalue weighted by Gasteiger charge is 2.23. The summed E-state index contributed by atoms with van der Waals surface area (Å²) in [5.74, 6) is -2.56. The van der Waals surface area contributed by atoms with Crippen LogP contribution in [0.1, 0.15) is 6.92 Å². The average molecular weight is 271 g/mol. The maximum Gasteiger partial charge on any atom is 0.331 e. The number of hydrogen-bond donors (Lipinski definition) is 1. The Morgan fingerprint density at radius 1 is 1.32 bits per heavy atom. The fraction of sp³-hybridized carbons (Fsp3) is 0.583. The van der Waals surface area contributed by atoms with E-state index in [4.69, 9.17) is 14.6 Å². The quantitative estimate of drug-likeness (QED) is 0.543. The molecule has 0 aliphatic carbocycles. The number of carbonyl (C=O) groups is 3. The summed E-state index contributed by atoms with van der Waals surface area (Å²) in [7, 11) is 0. The van der Waals surface area contributed by atoms with Crippen molar-refractivity contribution in [2.75, 3.05) is 32.9 Å². The Kier molecular flexibility index (Phi) is 6.01. The van der Waals surface area contributed by atoms with E-state index in [9.17, 15) is 14.4 Å². The van der Waals surface area contributed by atoms with Gasteiger partial charge in [0.05, 0.1) is 19.1 Å². The molecule has 106 valence electrons. The molecule has 1 aliphatic heterocycles. The fourth-order valence-electron chi connectivity index (χ4n) is 1.56. The minimum atomic E-state index is -1.23. The normalized spacial score (nSPS) is 17.2. The van der Waals surface area contributed by atoms with Gasteiger partial charge in [-0.3, -0.25) is 4.79 Å². The SMILES string of the molecule is C[C@@H](COC(=O)/C=C/C(=O)O)C(=O)N1CCOCC1. The number of esters is 1. The van der Waals surface area contributed by atoms with Crippen LogP contribution in [0.15, 0.2) is 12.2 Å². The van der Waals surface area contributed by atoms with Gasteiger partial charge in [-0.15, -0.1) is 0 Å². The van der Waals surface area contributed by atoms with Crippen LogP contribution in [0.25, 0.3) is 0 Å². The molecule has 0 radical (unpaired) electrons. The van der Waals surface area contributed by atoms with Crippen LogP contribution >= 0.6 is 0 Å². The van der Waals surface area contributed by atoms with Crippen LogP contribution in [0, 0.1) is 5.92 Å². The first-order valence-corrected chi connectivity index (χ1v) is 5.95. The van der Waals surface area contributed by atoms with Crippen molar-refractivity contribution in [2.45, 2.75) is 6.92 Å². The molecule has 1 fully saturated rings. The van der Waals surface area contributed by atoms with E-state index in [1.165, 1.54) is 0 Å². The number of nitrogens with zero attached hydrogens (tertiary/aromatic N) is 1. The molecular weight excluding hydrogens is 254 g/mol. The average Bonchev–Trinajstić information content (AvgIpc) is 2.42. The van der Waals surface area contributed by atoms with Gasteiger partial charge in [0, 0.05) is 25.2 Å². The predicted molar refractivity (Wildman–Crippen MR) is 64.3 cm³/mol. The molecular formula is C12H17NO6. The number of amides is 1. The number of morpholine rings is 1. The Morgan fingerprint density at radius 3 is 2.53 bits per heavy atom. The molecule has 0 aromatic heterocycles. The first-order chi connectivity index (χ1) is 9.00. The predicted octanol–water partition coefficient (Wildman–Crippen LogP) is -0.335. The zero-order valence-electron chi connectivity index (χ0n) is 10.7. The van der Waals surface area contributed by atoms with Gasteiger partial charge in [-0.05, 0) is 0 Å². The summed E-state index contributed by atoms with van der Waals surface area (Å²) in [5, 5.41) is 8.33. The van der Waals surface area contributed by atoms with Crippen LogP contribution in [0.2, 0.25) is 0 Å². The Labute approximate surface area is 110 Å². The number of aliphatic carboxylic acids is 1. The monoisotopic (exact) mass is 271 g/mol. The largest absolute Gasteiger partial charge is 0.478 e. The summed E-state index contributed by atoms with van der Waals surface area (Å²) in [5.41, 5.74) is 0. The fourth-order valence-corrected chi connectivity index (χ4v) is 1.56. The van der Waals surface area contributed by atoms with Crippen molar-refractivity contribution >= 4 is 17.8 Å². The molecule has 1 heterocycles. The molecule has 1 amide bonds. The van der Waals surface area contributed by atoms with Crippen molar-refractivity contribution in [1.29, 1.82) is 0 Å². The van der Waals surface area contributed by atoms with Gasteiger partial charge in [0.25, 0.3) is 0 Å². The van der Waals surface area contributed by atoms with Crippen LogP contribution in [0.5, 0.6) is 0 Å². The smallest absolute Gasteiger partial charge is 0.331 e. The highest BCUT2D eigenvalue weighted by molar-refractivity contribution is 5.90. The van der Waals surface area contributed by atoms with Crippen molar-refractivity contribution in [3.05, 3.63) is 12.2 Å². The van der Waals surface area contributed by atoms with Crippen LogP contribution in [-0.4, -0.2) is 60.8 Å². The molecule has 0 aromatic rings. The Hall–Kier alpha value is -1.89. The van der Waals surface area contributed by atoms with Gasteiger partial charge >= 0.3 is 11.9 Å². The molecule has 0 saturated carbocycles. The summed E-state index contributed by atoms with van der Waals surface area (Å²) in [6.07, 6.45) is 1.51. The topological polar surface area (TPSA) is 93.1 Å². The Bertz CT molecular complexity index is 372. The van der Waals surface area contributed by atoms with Gasteiger partial charge in [0.15, 0.2) is 0 Å². The van der Waals surface area contributed by atoms with E-state index in [1.807, 2.05) is 0 Å². The highest BCUT2D eigenvalue weighted by atomic mass is 16.5. The number of carboxylic acid groups (broad SMARTS) is 1. The lowest BCUT2D eigenvalue weighted by atomic mass is 10.1. The second kappa shape index (κ2) is 7.52. The molecule has 1 aliphatic rings. The summed E-state index contributed by atoms with van der Waals surface area (Å²) in [4.78, 5) is 34.9. The second-order valence-electron chi connectivity index (χ2n) is 4.14. The maximum atomic E-state index is 11.9. The van der Waals surface area contributed by atoms with Crippen LogP contribution < -0.4 is 0 Å². The van der Waals surface area contributed by atoms with Gasteiger partial charge in [0.2, 0.25) is 5.91 Å². The van der Waals surface area contributed by atoms with Crippen molar-refractivity contribution in [2.24, 2.45) is 5.92 Å². The van der Waals surface area contributed by atoms with Crippen molar-refractivity contribution < 1.29 is 29.0 Å². The van der Waals surface area contributed by atoms with Crippen molar-refractivity contribution in [3.8, 4) is 0 Å². The number of carbonyl (C=O) groups excluding carboxylic acids is 2. The van der Waals surface area contributed by atoms with Crippen molar-refractivity contribution in [3.63, 3.8) is 0 Å². The summed E-state index contributed by atoms with van der Waals surface area (Å²) >= 11 is 0. The molecule has 7 nitrogen and oxygen atoms in total. The lowest BCUT2D eigenvalue weighted by Crippen LogP contribution is -2.44. The third-order valence-corrected chi connectivity index (χ3v) is 2.58. The van der Waals surface area contributed by atoms with Crippen LogP contribution in [0.3, 0.4) is 0 Å². The Balaban J connectivity index is 2.33. The van der Waals surface area contributed by atoms with Crippen molar-refractivity contribution in [1.82, 2.24) is 4.90 Å². The molecule has 1 atom stereocenters. The molecule has 7 heteroatoms. The zero-order chi connectivity index (χ0) is 14.3. The van der Waals surface area contributed by atoms with Crippen LogP contribution in [-0.2, 0) is 23.9 Å². The number of carboxylic acids is 1. The molecule has 1 N–H and O–H groups in total. The third-order valence-electron chi connectivity index (χ3n) is 2.58. The van der Waals surface area contributed by atoms with Gasteiger partial charge < -0.3 is 19.5 Å². The zero-order valence-corrected chi connectivity index (χ0v) is 10.7.